The molecule has 2 N–H and O–H groups in total. The van der Waals surface area contributed by atoms with Crippen molar-refractivity contribution in [1.82, 2.24) is 0 Å². The lowest BCUT2D eigenvalue weighted by atomic mass is 9.80. The van der Waals surface area contributed by atoms with Crippen molar-refractivity contribution in [2.24, 2.45) is 5.92 Å². The Morgan fingerprint density at radius 2 is 1.34 bits per heavy atom. The zero-order valence-corrected chi connectivity index (χ0v) is 20.8. The van der Waals surface area contributed by atoms with E-state index in [4.69, 9.17) is 4.74 Å². The summed E-state index contributed by atoms with van der Waals surface area (Å²) in [6.45, 7) is 16.9. The lowest BCUT2D eigenvalue weighted by Gasteiger charge is -2.27. The SMILES string of the molecule is CC(C)CC(=O)Nc1ccc(NC(=O)COc2ccc(C(C)(C)C)cc2C(C)(C)C)cc1. The van der Waals surface area contributed by atoms with Crippen LogP contribution in [0.15, 0.2) is 42.5 Å². The van der Waals surface area contributed by atoms with Gasteiger partial charge in [0, 0.05) is 17.8 Å². The Balaban J connectivity index is 2.00. The first-order valence-corrected chi connectivity index (χ1v) is 11.2. The van der Waals surface area contributed by atoms with Gasteiger partial charge in [0.1, 0.15) is 5.75 Å². The molecule has 2 rings (SSSR count). The van der Waals surface area contributed by atoms with Gasteiger partial charge in [-0.3, -0.25) is 9.59 Å². The van der Waals surface area contributed by atoms with Gasteiger partial charge in [-0.15, -0.1) is 0 Å². The molecule has 0 unspecified atom stereocenters. The molecule has 5 nitrogen and oxygen atoms in total. The quantitative estimate of drug-likeness (QED) is 0.534. The van der Waals surface area contributed by atoms with E-state index in [0.29, 0.717) is 23.7 Å². The summed E-state index contributed by atoms with van der Waals surface area (Å²) in [6, 6.07) is 13.3. The predicted octanol–water partition coefficient (Wildman–Crippen LogP) is 6.28. The van der Waals surface area contributed by atoms with Crippen molar-refractivity contribution in [3.8, 4) is 5.75 Å². The van der Waals surface area contributed by atoms with Crippen LogP contribution < -0.4 is 15.4 Å². The van der Waals surface area contributed by atoms with E-state index in [-0.39, 0.29) is 29.3 Å². The molecular weight excluding hydrogens is 400 g/mol. The maximum Gasteiger partial charge on any atom is 0.262 e. The molecular formula is C27H38N2O3. The molecule has 0 aromatic heterocycles. The highest BCUT2D eigenvalue weighted by Crippen LogP contribution is 2.35. The molecule has 174 valence electrons. The molecule has 0 radical (unpaired) electrons. The fraction of sp³-hybridized carbons (Fsp3) is 0.481. The number of hydrogen-bond donors (Lipinski definition) is 2. The lowest BCUT2D eigenvalue weighted by Crippen LogP contribution is -2.22. The van der Waals surface area contributed by atoms with Gasteiger partial charge in [-0.1, -0.05) is 67.5 Å². The summed E-state index contributed by atoms with van der Waals surface area (Å²) < 4.78 is 5.91. The molecule has 0 atom stereocenters. The largest absolute Gasteiger partial charge is 0.483 e. The average Bonchev–Trinajstić information content (AvgIpc) is 2.65. The van der Waals surface area contributed by atoms with Gasteiger partial charge in [-0.2, -0.15) is 0 Å². The number of carbonyl (C=O) groups excluding carboxylic acids is 2. The molecule has 0 fully saturated rings. The summed E-state index contributed by atoms with van der Waals surface area (Å²) in [5.74, 6) is 0.777. The zero-order chi connectivity index (χ0) is 24.1. The topological polar surface area (TPSA) is 67.4 Å². The van der Waals surface area contributed by atoms with Gasteiger partial charge >= 0.3 is 0 Å². The normalized spacial score (nSPS) is 11.9. The number of nitrogens with one attached hydrogen (secondary N) is 2. The second-order valence-corrected chi connectivity index (χ2v) is 10.8. The first-order valence-electron chi connectivity index (χ1n) is 11.2. The molecule has 0 saturated carbocycles. The molecule has 2 aromatic carbocycles. The molecule has 0 aliphatic rings. The van der Waals surface area contributed by atoms with E-state index in [1.807, 2.05) is 19.9 Å². The number of amides is 2. The molecule has 0 spiro atoms. The Kier molecular flexibility index (Phi) is 8.11. The number of hydrogen-bond acceptors (Lipinski definition) is 3. The number of rotatable bonds is 7. The summed E-state index contributed by atoms with van der Waals surface area (Å²) in [7, 11) is 0. The molecule has 32 heavy (non-hydrogen) atoms. The first-order chi connectivity index (χ1) is 14.8. The van der Waals surface area contributed by atoms with Gasteiger partial charge in [0.2, 0.25) is 5.91 Å². The van der Waals surface area contributed by atoms with Crippen LogP contribution in [-0.2, 0) is 20.4 Å². The summed E-state index contributed by atoms with van der Waals surface area (Å²) in [6.07, 6.45) is 0.475. The van der Waals surface area contributed by atoms with Crippen molar-refractivity contribution >= 4 is 23.2 Å². The van der Waals surface area contributed by atoms with Gasteiger partial charge in [0.05, 0.1) is 0 Å². The van der Waals surface area contributed by atoms with E-state index in [2.05, 4.69) is 64.3 Å². The van der Waals surface area contributed by atoms with Gasteiger partial charge in [0.25, 0.3) is 5.91 Å². The van der Waals surface area contributed by atoms with Gasteiger partial charge < -0.3 is 15.4 Å². The van der Waals surface area contributed by atoms with E-state index >= 15 is 0 Å². The van der Waals surface area contributed by atoms with Crippen LogP contribution in [0, 0.1) is 5.92 Å². The molecule has 0 saturated heterocycles. The number of anilines is 2. The monoisotopic (exact) mass is 438 g/mol. The van der Waals surface area contributed by atoms with E-state index in [1.54, 1.807) is 24.3 Å². The minimum absolute atomic E-state index is 0.0164. The zero-order valence-electron chi connectivity index (χ0n) is 20.8. The minimum atomic E-state index is -0.235. The summed E-state index contributed by atoms with van der Waals surface area (Å²) in [4.78, 5) is 24.3. The van der Waals surface area contributed by atoms with Crippen molar-refractivity contribution in [2.75, 3.05) is 17.2 Å². The highest BCUT2D eigenvalue weighted by molar-refractivity contribution is 5.93. The Labute approximate surface area is 192 Å². The van der Waals surface area contributed by atoms with E-state index in [0.717, 1.165) is 11.3 Å². The Morgan fingerprint density at radius 1 is 0.812 bits per heavy atom. The average molecular weight is 439 g/mol. The number of ether oxygens (including phenoxy) is 1. The standard InChI is InChI=1S/C27H38N2O3/c1-18(2)15-24(30)28-20-10-12-21(13-11-20)29-25(31)17-32-23-14-9-19(26(3,4)5)16-22(23)27(6,7)8/h9-14,16,18H,15,17H2,1-8H3,(H,28,30)(H,29,31). The first kappa shape index (κ1) is 25.4. The minimum Gasteiger partial charge on any atom is -0.483 e. The second kappa shape index (κ2) is 10.2. The third kappa shape index (κ3) is 7.70. The maximum absolute atomic E-state index is 12.5. The molecule has 0 aliphatic carbocycles. The maximum atomic E-state index is 12.5. The van der Waals surface area contributed by atoms with Crippen LogP contribution in [0.3, 0.4) is 0 Å². The molecule has 2 amide bonds. The van der Waals surface area contributed by atoms with E-state index in [1.165, 1.54) is 5.56 Å². The second-order valence-electron chi connectivity index (χ2n) is 10.8. The summed E-state index contributed by atoms with van der Waals surface area (Å²) in [5.41, 5.74) is 3.61. The van der Waals surface area contributed by atoms with E-state index in [9.17, 15) is 9.59 Å². The van der Waals surface area contributed by atoms with Crippen LogP contribution in [0.25, 0.3) is 0 Å². The Bertz CT molecular complexity index is 933. The van der Waals surface area contributed by atoms with Crippen molar-refractivity contribution in [3.05, 3.63) is 53.6 Å². The fourth-order valence-corrected chi connectivity index (χ4v) is 3.27. The number of benzene rings is 2. The van der Waals surface area contributed by atoms with Gasteiger partial charge in [-0.25, -0.2) is 0 Å². The van der Waals surface area contributed by atoms with Crippen LogP contribution >= 0.6 is 0 Å². The van der Waals surface area contributed by atoms with Crippen LogP contribution in [0.2, 0.25) is 0 Å². The summed E-state index contributed by atoms with van der Waals surface area (Å²) in [5, 5.41) is 5.70. The third-order valence-electron chi connectivity index (χ3n) is 5.06. The van der Waals surface area contributed by atoms with Crippen LogP contribution in [0.5, 0.6) is 5.75 Å². The Morgan fingerprint density at radius 3 is 1.81 bits per heavy atom. The number of carbonyl (C=O) groups is 2. The van der Waals surface area contributed by atoms with Crippen LogP contribution in [-0.4, -0.2) is 18.4 Å². The van der Waals surface area contributed by atoms with Crippen molar-refractivity contribution in [2.45, 2.75) is 72.6 Å². The van der Waals surface area contributed by atoms with Crippen LogP contribution in [0.4, 0.5) is 11.4 Å². The smallest absolute Gasteiger partial charge is 0.262 e. The highest BCUT2D eigenvalue weighted by Gasteiger charge is 2.23. The predicted molar refractivity (Wildman–Crippen MR) is 132 cm³/mol. The van der Waals surface area contributed by atoms with E-state index < -0.39 is 0 Å². The lowest BCUT2D eigenvalue weighted by molar-refractivity contribution is -0.118. The third-order valence-corrected chi connectivity index (χ3v) is 5.06. The van der Waals surface area contributed by atoms with Crippen molar-refractivity contribution in [3.63, 3.8) is 0 Å². The van der Waals surface area contributed by atoms with Gasteiger partial charge in [0.15, 0.2) is 6.61 Å². The van der Waals surface area contributed by atoms with Crippen molar-refractivity contribution < 1.29 is 14.3 Å². The Hall–Kier alpha value is -2.82. The highest BCUT2D eigenvalue weighted by atomic mass is 16.5. The fourth-order valence-electron chi connectivity index (χ4n) is 3.27. The molecule has 2 aromatic rings. The molecule has 0 aliphatic heterocycles. The van der Waals surface area contributed by atoms with Gasteiger partial charge in [-0.05, 0) is 58.2 Å². The van der Waals surface area contributed by atoms with Crippen molar-refractivity contribution in [1.29, 1.82) is 0 Å². The molecule has 5 heteroatoms. The molecule has 0 heterocycles. The molecule has 0 bridgehead atoms. The summed E-state index contributed by atoms with van der Waals surface area (Å²) >= 11 is 0. The van der Waals surface area contributed by atoms with Crippen LogP contribution in [0.1, 0.15) is 72.9 Å².